The summed E-state index contributed by atoms with van der Waals surface area (Å²) in [5.41, 5.74) is 7.90. The van der Waals surface area contributed by atoms with Gasteiger partial charge in [-0.1, -0.05) is 176 Å². The third-order valence-corrected chi connectivity index (χ3v) is 10.8. The van der Waals surface area contributed by atoms with Gasteiger partial charge in [-0.3, -0.25) is 0 Å². The number of nitrogens with zero attached hydrogens (tertiary/aromatic N) is 3. The Hall–Kier alpha value is -7.23. The quantitative estimate of drug-likeness (QED) is 0.173. The molecule has 0 amide bonds. The molecule has 3 nitrogen and oxygen atoms in total. The Morgan fingerprint density at radius 1 is 0.296 bits per heavy atom. The number of hydrogen-bond acceptors (Lipinski definition) is 3. The second kappa shape index (κ2) is 12.2. The number of pyridine rings is 1. The minimum atomic E-state index is 0.683. The van der Waals surface area contributed by atoms with Gasteiger partial charge in [-0.25, -0.2) is 15.0 Å². The van der Waals surface area contributed by atoms with Crippen molar-refractivity contribution in [3.8, 4) is 45.2 Å². The largest absolute Gasteiger partial charge is 0.247 e. The van der Waals surface area contributed by atoms with E-state index in [-0.39, 0.29) is 0 Å². The summed E-state index contributed by atoms with van der Waals surface area (Å²) in [6.07, 6.45) is 0. The van der Waals surface area contributed by atoms with E-state index in [2.05, 4.69) is 188 Å². The zero-order valence-corrected chi connectivity index (χ0v) is 29.2. The van der Waals surface area contributed by atoms with Gasteiger partial charge in [-0.05, 0) is 55.2 Å². The second-order valence-corrected chi connectivity index (χ2v) is 13.9. The summed E-state index contributed by atoms with van der Waals surface area (Å²) in [7, 11) is 0. The molecule has 2 heterocycles. The van der Waals surface area contributed by atoms with Crippen LogP contribution in [0.1, 0.15) is 0 Å². The summed E-state index contributed by atoms with van der Waals surface area (Å²) >= 11 is 0. The van der Waals surface area contributed by atoms with Crippen molar-refractivity contribution in [3.63, 3.8) is 0 Å². The molecule has 2 aromatic heterocycles. The fraction of sp³-hybridized carbons (Fsp3) is 0. The summed E-state index contributed by atoms with van der Waals surface area (Å²) in [6.45, 7) is 0. The Bertz CT molecular complexity index is 3160. The zero-order chi connectivity index (χ0) is 35.6. The molecule has 11 aromatic rings. The van der Waals surface area contributed by atoms with Gasteiger partial charge >= 0.3 is 0 Å². The number of benzene rings is 9. The molecule has 0 aliphatic carbocycles. The molecular weight excluding hydrogens is 655 g/mol. The number of para-hydroxylation sites is 1. The van der Waals surface area contributed by atoms with Gasteiger partial charge in [0.05, 0.1) is 22.6 Å². The van der Waals surface area contributed by atoms with E-state index in [4.69, 9.17) is 15.0 Å². The van der Waals surface area contributed by atoms with Gasteiger partial charge in [0.25, 0.3) is 0 Å². The molecule has 0 spiro atoms. The molecule has 11 rings (SSSR count). The molecule has 0 fully saturated rings. The lowest BCUT2D eigenvalue weighted by Gasteiger charge is -2.16. The first-order valence-corrected chi connectivity index (χ1v) is 18.4. The lowest BCUT2D eigenvalue weighted by molar-refractivity contribution is 1.19. The average Bonchev–Trinajstić information content (AvgIpc) is 3.25. The van der Waals surface area contributed by atoms with Gasteiger partial charge in [-0.2, -0.15) is 0 Å². The first-order chi connectivity index (χ1) is 26.8. The van der Waals surface area contributed by atoms with Crippen LogP contribution in [0.5, 0.6) is 0 Å². The van der Waals surface area contributed by atoms with E-state index in [0.29, 0.717) is 5.82 Å². The molecule has 0 saturated heterocycles. The van der Waals surface area contributed by atoms with Crippen molar-refractivity contribution in [1.82, 2.24) is 15.0 Å². The Labute approximate surface area is 311 Å². The van der Waals surface area contributed by atoms with Crippen molar-refractivity contribution in [2.45, 2.75) is 0 Å². The van der Waals surface area contributed by atoms with Crippen LogP contribution in [0, 0.1) is 0 Å². The van der Waals surface area contributed by atoms with Gasteiger partial charge < -0.3 is 0 Å². The van der Waals surface area contributed by atoms with Crippen LogP contribution in [-0.2, 0) is 0 Å². The predicted molar refractivity (Wildman–Crippen MR) is 227 cm³/mol. The van der Waals surface area contributed by atoms with Crippen molar-refractivity contribution in [2.75, 3.05) is 0 Å². The molecule has 0 saturated carbocycles. The first kappa shape index (κ1) is 30.4. The molecule has 0 N–H and O–H groups in total. The van der Waals surface area contributed by atoms with Crippen LogP contribution in [0.3, 0.4) is 0 Å². The third kappa shape index (κ3) is 4.79. The van der Waals surface area contributed by atoms with E-state index >= 15 is 0 Å². The average molecular weight is 686 g/mol. The van der Waals surface area contributed by atoms with Gasteiger partial charge in [0.15, 0.2) is 5.82 Å². The summed E-state index contributed by atoms with van der Waals surface area (Å²) in [4.78, 5) is 15.9. The fourth-order valence-corrected chi connectivity index (χ4v) is 8.36. The molecular formula is C51H31N3. The van der Waals surface area contributed by atoms with Crippen LogP contribution in [0.15, 0.2) is 188 Å². The third-order valence-electron chi connectivity index (χ3n) is 10.8. The van der Waals surface area contributed by atoms with Crippen LogP contribution >= 0.6 is 0 Å². The number of aromatic nitrogens is 3. The Morgan fingerprint density at radius 2 is 0.741 bits per heavy atom. The Balaban J connectivity index is 1.14. The van der Waals surface area contributed by atoms with Crippen molar-refractivity contribution >= 4 is 64.8 Å². The highest BCUT2D eigenvalue weighted by atomic mass is 14.9. The van der Waals surface area contributed by atoms with Crippen molar-refractivity contribution in [3.05, 3.63) is 188 Å². The van der Waals surface area contributed by atoms with Gasteiger partial charge in [0.1, 0.15) is 0 Å². The van der Waals surface area contributed by atoms with Crippen molar-refractivity contribution in [1.29, 1.82) is 0 Å². The van der Waals surface area contributed by atoms with Crippen molar-refractivity contribution < 1.29 is 0 Å². The summed E-state index contributed by atoms with van der Waals surface area (Å²) in [6, 6.07) is 66.6. The molecule has 250 valence electrons. The highest BCUT2D eigenvalue weighted by Crippen LogP contribution is 2.43. The van der Waals surface area contributed by atoms with E-state index in [0.717, 1.165) is 61.0 Å². The van der Waals surface area contributed by atoms with E-state index in [1.165, 1.54) is 43.1 Å². The standard InChI is InChI=1S/C51H31N3/c1-3-17-36-32(13-1)15-11-24-40(36)46-31-47(41-25-12-16-33-14-2-4-18-37(33)41)54-51(53-46)35-29-27-34(28-30-35)50-49-43-22-8-6-20-39(43)38-19-5-7-21-42(38)48(49)44-23-9-10-26-45(44)52-50/h1-31H. The zero-order valence-electron chi connectivity index (χ0n) is 29.2. The van der Waals surface area contributed by atoms with Gasteiger partial charge in [-0.15, -0.1) is 0 Å². The van der Waals surface area contributed by atoms with E-state index < -0.39 is 0 Å². The molecule has 0 radical (unpaired) electrons. The number of rotatable bonds is 4. The van der Waals surface area contributed by atoms with Crippen LogP contribution in [-0.4, -0.2) is 15.0 Å². The minimum absolute atomic E-state index is 0.683. The van der Waals surface area contributed by atoms with Crippen LogP contribution in [0.25, 0.3) is 110 Å². The highest BCUT2D eigenvalue weighted by Gasteiger charge is 2.19. The van der Waals surface area contributed by atoms with Crippen LogP contribution < -0.4 is 0 Å². The molecule has 0 aliphatic heterocycles. The molecule has 9 aromatic carbocycles. The molecule has 0 unspecified atom stereocenters. The molecule has 0 bridgehead atoms. The summed E-state index contributed by atoms with van der Waals surface area (Å²) in [5.74, 6) is 0.683. The van der Waals surface area contributed by atoms with Crippen LogP contribution in [0.4, 0.5) is 0 Å². The monoisotopic (exact) mass is 685 g/mol. The highest BCUT2D eigenvalue weighted by molar-refractivity contribution is 6.33. The van der Waals surface area contributed by atoms with Crippen LogP contribution in [0.2, 0.25) is 0 Å². The lowest BCUT2D eigenvalue weighted by Crippen LogP contribution is -1.97. The lowest BCUT2D eigenvalue weighted by atomic mass is 9.90. The minimum Gasteiger partial charge on any atom is -0.247 e. The number of fused-ring (bicyclic) bond motifs is 10. The maximum absolute atomic E-state index is 5.37. The first-order valence-electron chi connectivity index (χ1n) is 18.4. The maximum atomic E-state index is 5.37. The van der Waals surface area contributed by atoms with E-state index in [1.807, 2.05) is 0 Å². The van der Waals surface area contributed by atoms with Crippen molar-refractivity contribution in [2.24, 2.45) is 0 Å². The summed E-state index contributed by atoms with van der Waals surface area (Å²) < 4.78 is 0. The maximum Gasteiger partial charge on any atom is 0.160 e. The molecule has 0 atom stereocenters. The summed E-state index contributed by atoms with van der Waals surface area (Å²) in [5, 5.41) is 13.2. The smallest absolute Gasteiger partial charge is 0.160 e. The SMILES string of the molecule is c1ccc2c(-c3cc(-c4cccc5ccccc45)nc(-c4ccc(-c5nc6ccccc6c6c7ccccc7c7ccccc7c56)cc4)n3)cccc2c1. The topological polar surface area (TPSA) is 38.7 Å². The Kier molecular flexibility index (Phi) is 6.86. The Morgan fingerprint density at radius 3 is 1.33 bits per heavy atom. The molecule has 3 heteroatoms. The molecule has 54 heavy (non-hydrogen) atoms. The van der Waals surface area contributed by atoms with E-state index in [9.17, 15) is 0 Å². The second-order valence-electron chi connectivity index (χ2n) is 13.9. The predicted octanol–water partition coefficient (Wildman–Crippen LogP) is 13.5. The van der Waals surface area contributed by atoms with Gasteiger partial charge in [0, 0.05) is 38.4 Å². The normalized spacial score (nSPS) is 11.7. The fourth-order valence-electron chi connectivity index (χ4n) is 8.36. The molecule has 0 aliphatic rings. The van der Waals surface area contributed by atoms with Gasteiger partial charge in [0.2, 0.25) is 0 Å². The number of hydrogen-bond donors (Lipinski definition) is 0. The van der Waals surface area contributed by atoms with E-state index in [1.54, 1.807) is 0 Å².